The van der Waals surface area contributed by atoms with E-state index in [4.69, 9.17) is 5.11 Å². The average molecular weight is 180 g/mol. The summed E-state index contributed by atoms with van der Waals surface area (Å²) >= 11 is 0. The van der Waals surface area contributed by atoms with Crippen molar-refractivity contribution in [3.63, 3.8) is 0 Å². The van der Waals surface area contributed by atoms with Gasteiger partial charge in [0.05, 0.1) is 5.56 Å². The number of alkyl halides is 2. The number of halogens is 4. The number of hydrogen-bond acceptors (Lipinski definition) is 1. The van der Waals surface area contributed by atoms with E-state index in [1.807, 2.05) is 0 Å². The first kappa shape index (κ1) is 8.83. The van der Waals surface area contributed by atoms with Crippen molar-refractivity contribution in [1.82, 2.24) is 0 Å². The van der Waals surface area contributed by atoms with Gasteiger partial charge in [0, 0.05) is 6.07 Å². The maximum atomic E-state index is 12.5. The second-order valence-corrected chi connectivity index (χ2v) is 2.13. The SMILES string of the molecule is Oc1cc(F)c(C(F)F)cc1F. The van der Waals surface area contributed by atoms with Crippen molar-refractivity contribution in [1.29, 1.82) is 0 Å². The molecule has 0 fully saturated rings. The van der Waals surface area contributed by atoms with Gasteiger partial charge in [0.2, 0.25) is 0 Å². The van der Waals surface area contributed by atoms with Crippen LogP contribution in [0.25, 0.3) is 0 Å². The zero-order chi connectivity index (χ0) is 9.30. The molecule has 1 aromatic carbocycles. The van der Waals surface area contributed by atoms with E-state index in [0.717, 1.165) is 0 Å². The average Bonchev–Trinajstić information content (AvgIpc) is 1.96. The fraction of sp³-hybridized carbons (Fsp3) is 0.143. The van der Waals surface area contributed by atoms with Gasteiger partial charge >= 0.3 is 0 Å². The zero-order valence-corrected chi connectivity index (χ0v) is 5.69. The van der Waals surface area contributed by atoms with Crippen LogP contribution < -0.4 is 0 Å². The third kappa shape index (κ3) is 1.49. The Labute approximate surface area is 65.3 Å². The molecule has 1 aromatic rings. The normalized spacial score (nSPS) is 10.8. The summed E-state index contributed by atoms with van der Waals surface area (Å²) in [5.74, 6) is -3.55. The van der Waals surface area contributed by atoms with Crippen LogP contribution in [0.4, 0.5) is 17.6 Å². The lowest BCUT2D eigenvalue weighted by atomic mass is 10.2. The van der Waals surface area contributed by atoms with E-state index in [1.165, 1.54) is 0 Å². The monoisotopic (exact) mass is 180 g/mol. The maximum absolute atomic E-state index is 12.5. The molecule has 0 saturated heterocycles. The van der Waals surface area contributed by atoms with Gasteiger partial charge in [-0.2, -0.15) is 0 Å². The summed E-state index contributed by atoms with van der Waals surface area (Å²) in [6.07, 6.45) is -3.08. The summed E-state index contributed by atoms with van der Waals surface area (Å²) in [7, 11) is 0. The lowest BCUT2D eigenvalue weighted by molar-refractivity contribution is 0.145. The Balaban J connectivity index is 3.23. The predicted octanol–water partition coefficient (Wildman–Crippen LogP) is 2.61. The molecule has 0 aromatic heterocycles. The molecule has 0 unspecified atom stereocenters. The second kappa shape index (κ2) is 3.00. The Morgan fingerprint density at radius 3 is 2.17 bits per heavy atom. The van der Waals surface area contributed by atoms with Crippen LogP contribution >= 0.6 is 0 Å². The Morgan fingerprint density at radius 1 is 1.08 bits per heavy atom. The molecule has 0 saturated carbocycles. The molecule has 1 rings (SSSR count). The first-order valence-corrected chi connectivity index (χ1v) is 2.98. The third-order valence-corrected chi connectivity index (χ3v) is 1.30. The summed E-state index contributed by atoms with van der Waals surface area (Å²) in [6.45, 7) is 0. The Bertz CT molecular complexity index is 298. The minimum atomic E-state index is -3.08. The summed E-state index contributed by atoms with van der Waals surface area (Å²) in [4.78, 5) is 0. The van der Waals surface area contributed by atoms with Crippen molar-refractivity contribution in [2.45, 2.75) is 6.43 Å². The number of phenolic OH excluding ortho intramolecular Hbond substituents is 1. The van der Waals surface area contributed by atoms with Gasteiger partial charge in [-0.3, -0.25) is 0 Å². The number of benzene rings is 1. The van der Waals surface area contributed by atoms with Crippen LogP contribution in [0.3, 0.4) is 0 Å². The van der Waals surface area contributed by atoms with E-state index >= 15 is 0 Å². The first-order chi connectivity index (χ1) is 5.52. The standard InChI is InChI=1S/C7H4F4O/c8-4-2-6(12)5(9)1-3(4)7(10)11/h1-2,7,12H. The molecule has 0 radical (unpaired) electrons. The van der Waals surface area contributed by atoms with Crippen molar-refractivity contribution >= 4 is 0 Å². The van der Waals surface area contributed by atoms with Gasteiger partial charge in [-0.1, -0.05) is 0 Å². The molecule has 0 spiro atoms. The third-order valence-electron chi connectivity index (χ3n) is 1.30. The van der Waals surface area contributed by atoms with Gasteiger partial charge < -0.3 is 5.11 Å². The van der Waals surface area contributed by atoms with Crippen LogP contribution in [0.5, 0.6) is 5.75 Å². The number of rotatable bonds is 1. The fourth-order valence-electron chi connectivity index (χ4n) is 0.719. The molecular formula is C7H4F4O. The van der Waals surface area contributed by atoms with Gasteiger partial charge in [0.15, 0.2) is 11.6 Å². The summed E-state index contributed by atoms with van der Waals surface area (Å²) in [5.41, 5.74) is -1.05. The molecule has 0 aliphatic carbocycles. The molecule has 1 nitrogen and oxygen atoms in total. The molecule has 0 aliphatic heterocycles. The molecule has 66 valence electrons. The van der Waals surface area contributed by atoms with Crippen molar-refractivity contribution < 1.29 is 22.7 Å². The topological polar surface area (TPSA) is 20.2 Å². The van der Waals surface area contributed by atoms with Crippen molar-refractivity contribution in [2.75, 3.05) is 0 Å². The Morgan fingerprint density at radius 2 is 1.67 bits per heavy atom. The second-order valence-electron chi connectivity index (χ2n) is 2.13. The number of aromatic hydroxyl groups is 1. The van der Waals surface area contributed by atoms with Gasteiger partial charge in [-0.05, 0) is 6.07 Å². The lowest BCUT2D eigenvalue weighted by Gasteiger charge is -2.02. The van der Waals surface area contributed by atoms with Crippen LogP contribution in [0, 0.1) is 11.6 Å². The summed E-state index contributed by atoms with van der Waals surface area (Å²) in [6, 6.07) is 0.589. The summed E-state index contributed by atoms with van der Waals surface area (Å²) < 4.78 is 48.5. The molecule has 0 aliphatic rings. The van der Waals surface area contributed by atoms with Crippen molar-refractivity contribution in [2.24, 2.45) is 0 Å². The highest BCUT2D eigenvalue weighted by atomic mass is 19.3. The van der Waals surface area contributed by atoms with Gasteiger partial charge in [0.25, 0.3) is 6.43 Å². The van der Waals surface area contributed by atoms with Gasteiger partial charge in [-0.25, -0.2) is 17.6 Å². The molecule has 0 heterocycles. The number of hydrogen-bond donors (Lipinski definition) is 1. The molecule has 12 heavy (non-hydrogen) atoms. The zero-order valence-electron chi connectivity index (χ0n) is 5.69. The molecular weight excluding hydrogens is 176 g/mol. The van der Waals surface area contributed by atoms with Crippen molar-refractivity contribution in [3.05, 3.63) is 29.3 Å². The van der Waals surface area contributed by atoms with E-state index in [0.29, 0.717) is 6.07 Å². The Kier molecular flexibility index (Phi) is 2.21. The minimum Gasteiger partial charge on any atom is -0.505 e. The molecule has 1 N–H and O–H groups in total. The molecule has 5 heteroatoms. The number of phenols is 1. The maximum Gasteiger partial charge on any atom is 0.266 e. The van der Waals surface area contributed by atoms with Crippen LogP contribution in [-0.4, -0.2) is 5.11 Å². The smallest absolute Gasteiger partial charge is 0.266 e. The first-order valence-electron chi connectivity index (χ1n) is 2.98. The van der Waals surface area contributed by atoms with E-state index in [2.05, 4.69) is 0 Å². The van der Waals surface area contributed by atoms with E-state index in [1.54, 1.807) is 0 Å². The fourth-order valence-corrected chi connectivity index (χ4v) is 0.719. The highest BCUT2D eigenvalue weighted by Gasteiger charge is 2.16. The highest BCUT2D eigenvalue weighted by molar-refractivity contribution is 5.30. The predicted molar refractivity (Wildman–Crippen MR) is 33.0 cm³/mol. The molecule has 0 amide bonds. The largest absolute Gasteiger partial charge is 0.505 e. The summed E-state index contributed by atoms with van der Waals surface area (Å²) in [5, 5.41) is 8.55. The molecule has 0 atom stereocenters. The minimum absolute atomic E-state index is 0.273. The Hall–Kier alpha value is -1.26. The quantitative estimate of drug-likeness (QED) is 0.658. The van der Waals surface area contributed by atoms with Crippen LogP contribution in [0.15, 0.2) is 12.1 Å². The van der Waals surface area contributed by atoms with Crippen LogP contribution in [0.2, 0.25) is 0 Å². The van der Waals surface area contributed by atoms with Gasteiger partial charge in [-0.15, -0.1) is 0 Å². The molecule has 0 bridgehead atoms. The van der Waals surface area contributed by atoms with Crippen molar-refractivity contribution in [3.8, 4) is 5.75 Å². The van der Waals surface area contributed by atoms with E-state index in [9.17, 15) is 17.6 Å². The van der Waals surface area contributed by atoms with E-state index < -0.39 is 29.4 Å². The van der Waals surface area contributed by atoms with Crippen LogP contribution in [0.1, 0.15) is 12.0 Å². The highest BCUT2D eigenvalue weighted by Crippen LogP contribution is 2.27. The van der Waals surface area contributed by atoms with E-state index in [-0.39, 0.29) is 6.07 Å². The lowest BCUT2D eigenvalue weighted by Crippen LogP contribution is -1.92. The van der Waals surface area contributed by atoms with Crippen LogP contribution in [-0.2, 0) is 0 Å². The van der Waals surface area contributed by atoms with Gasteiger partial charge in [0.1, 0.15) is 5.82 Å².